The summed E-state index contributed by atoms with van der Waals surface area (Å²) in [5.74, 6) is 6.05. The number of likely N-dealkylation sites (N-methyl/N-ethyl adjacent to an activating group) is 1. The number of hydrogen-bond acceptors (Lipinski definition) is 4. The zero-order valence-electron chi connectivity index (χ0n) is 11.9. The Balaban J connectivity index is 2.71. The predicted molar refractivity (Wildman–Crippen MR) is 80.1 cm³/mol. The highest BCUT2D eigenvalue weighted by molar-refractivity contribution is 7.10. The lowest BCUT2D eigenvalue weighted by Gasteiger charge is -2.27. The summed E-state index contributed by atoms with van der Waals surface area (Å²) < 4.78 is 0. The number of nitrogens with zero attached hydrogens (tertiary/aromatic N) is 1. The molecule has 0 saturated heterocycles. The molecule has 2 N–H and O–H groups in total. The topological polar surface area (TPSA) is 43.7 Å². The Kier molecular flexibility index (Phi) is 6.53. The summed E-state index contributed by atoms with van der Waals surface area (Å²) in [6.45, 7) is 8.19. The summed E-state index contributed by atoms with van der Waals surface area (Å²) in [5.41, 5.74) is 0.350. The monoisotopic (exact) mass is 281 g/mol. The summed E-state index contributed by atoms with van der Waals surface area (Å²) in [5, 5.41) is 20.7. The molecule has 1 rings (SSSR count). The van der Waals surface area contributed by atoms with Gasteiger partial charge in [0.15, 0.2) is 0 Å². The van der Waals surface area contributed by atoms with Crippen LogP contribution in [0.1, 0.15) is 37.6 Å². The van der Waals surface area contributed by atoms with Gasteiger partial charge in [-0.2, -0.15) is 0 Å². The summed E-state index contributed by atoms with van der Waals surface area (Å²) >= 11 is 1.69. The number of thiophene rings is 1. The number of aliphatic hydroxyl groups is 2. The van der Waals surface area contributed by atoms with E-state index in [-0.39, 0.29) is 6.61 Å². The SMILES string of the molecule is CCN(Cc1sccc1C#CCCO)CC(C)(C)O. The first-order valence-corrected chi connectivity index (χ1v) is 7.45. The number of rotatable bonds is 6. The standard InChI is InChI=1S/C15H23NO2S/c1-4-16(12-15(2,3)18)11-14-13(8-10-19-14)7-5-6-9-17/h8,10,17-18H,4,6,9,11-12H2,1-3H3. The minimum absolute atomic E-state index is 0.103. The van der Waals surface area contributed by atoms with Gasteiger partial charge in [0, 0.05) is 30.0 Å². The maximum absolute atomic E-state index is 9.90. The molecule has 0 bridgehead atoms. The molecule has 0 fully saturated rings. The van der Waals surface area contributed by atoms with Gasteiger partial charge in [0.05, 0.1) is 12.2 Å². The highest BCUT2D eigenvalue weighted by Gasteiger charge is 2.18. The first-order chi connectivity index (χ1) is 8.96. The molecule has 0 saturated carbocycles. The van der Waals surface area contributed by atoms with Crippen molar-refractivity contribution in [1.82, 2.24) is 4.90 Å². The van der Waals surface area contributed by atoms with Crippen molar-refractivity contribution in [2.24, 2.45) is 0 Å². The molecule has 0 aliphatic carbocycles. The fourth-order valence-electron chi connectivity index (χ4n) is 1.82. The Hall–Kier alpha value is -0.860. The van der Waals surface area contributed by atoms with E-state index in [4.69, 9.17) is 5.11 Å². The molecule has 0 atom stereocenters. The van der Waals surface area contributed by atoms with Crippen molar-refractivity contribution in [2.75, 3.05) is 19.7 Å². The smallest absolute Gasteiger partial charge is 0.0718 e. The van der Waals surface area contributed by atoms with E-state index in [1.54, 1.807) is 11.3 Å². The van der Waals surface area contributed by atoms with Crippen LogP contribution in [0.25, 0.3) is 0 Å². The summed E-state index contributed by atoms with van der Waals surface area (Å²) in [6, 6.07) is 2.02. The van der Waals surface area contributed by atoms with E-state index < -0.39 is 5.60 Å². The van der Waals surface area contributed by atoms with E-state index in [1.165, 1.54) is 4.88 Å². The molecule has 0 aromatic carbocycles. The van der Waals surface area contributed by atoms with E-state index >= 15 is 0 Å². The van der Waals surface area contributed by atoms with Crippen LogP contribution in [0.5, 0.6) is 0 Å². The van der Waals surface area contributed by atoms with Crippen molar-refractivity contribution in [1.29, 1.82) is 0 Å². The first-order valence-electron chi connectivity index (χ1n) is 6.57. The fourth-order valence-corrected chi connectivity index (χ4v) is 2.69. The molecule has 19 heavy (non-hydrogen) atoms. The molecule has 0 aliphatic heterocycles. The predicted octanol–water partition coefficient (Wildman–Crippen LogP) is 2.07. The minimum atomic E-state index is -0.685. The van der Waals surface area contributed by atoms with Crippen molar-refractivity contribution in [3.8, 4) is 11.8 Å². The number of hydrogen-bond donors (Lipinski definition) is 2. The van der Waals surface area contributed by atoms with E-state index in [1.807, 2.05) is 25.3 Å². The Labute approximate surface area is 119 Å². The molecule has 1 aromatic heterocycles. The van der Waals surface area contributed by atoms with Crippen molar-refractivity contribution >= 4 is 11.3 Å². The zero-order valence-corrected chi connectivity index (χ0v) is 12.8. The summed E-state index contributed by atoms with van der Waals surface area (Å²) in [7, 11) is 0. The van der Waals surface area contributed by atoms with Crippen LogP contribution >= 0.6 is 11.3 Å². The molecule has 106 valence electrons. The highest BCUT2D eigenvalue weighted by Crippen LogP contribution is 2.19. The second-order valence-electron chi connectivity index (χ2n) is 5.15. The molecule has 0 aliphatic rings. The Morgan fingerprint density at radius 1 is 1.42 bits per heavy atom. The molecule has 1 heterocycles. The molecule has 1 aromatic rings. The zero-order chi connectivity index (χ0) is 14.3. The van der Waals surface area contributed by atoms with Crippen molar-refractivity contribution < 1.29 is 10.2 Å². The van der Waals surface area contributed by atoms with Gasteiger partial charge < -0.3 is 10.2 Å². The van der Waals surface area contributed by atoms with Gasteiger partial charge in [-0.15, -0.1) is 11.3 Å². The lowest BCUT2D eigenvalue weighted by Crippen LogP contribution is -2.38. The van der Waals surface area contributed by atoms with E-state index in [0.29, 0.717) is 13.0 Å². The summed E-state index contributed by atoms with van der Waals surface area (Å²) in [4.78, 5) is 3.43. The molecular weight excluding hydrogens is 258 g/mol. The third-order valence-corrected chi connectivity index (χ3v) is 3.54. The van der Waals surface area contributed by atoms with E-state index in [9.17, 15) is 5.11 Å². The average Bonchev–Trinajstić information content (AvgIpc) is 2.74. The van der Waals surface area contributed by atoms with Gasteiger partial charge in [-0.1, -0.05) is 18.8 Å². The minimum Gasteiger partial charge on any atom is -0.395 e. The molecule has 0 unspecified atom stereocenters. The van der Waals surface area contributed by atoms with Gasteiger partial charge in [0.2, 0.25) is 0 Å². The van der Waals surface area contributed by atoms with Crippen LogP contribution in [-0.4, -0.2) is 40.4 Å². The van der Waals surface area contributed by atoms with Gasteiger partial charge in [0.1, 0.15) is 0 Å². The van der Waals surface area contributed by atoms with Gasteiger partial charge >= 0.3 is 0 Å². The fraction of sp³-hybridized carbons (Fsp3) is 0.600. The maximum Gasteiger partial charge on any atom is 0.0718 e. The second kappa shape index (κ2) is 7.66. The Morgan fingerprint density at radius 2 is 2.16 bits per heavy atom. The third-order valence-electron chi connectivity index (χ3n) is 2.63. The molecule has 0 spiro atoms. The molecule has 0 amide bonds. The van der Waals surface area contributed by atoms with Gasteiger partial charge in [-0.05, 0) is 31.8 Å². The third kappa shape index (κ3) is 6.22. The van der Waals surface area contributed by atoms with Gasteiger partial charge in [0.25, 0.3) is 0 Å². The van der Waals surface area contributed by atoms with E-state index in [0.717, 1.165) is 18.7 Å². The van der Waals surface area contributed by atoms with Crippen molar-refractivity contribution in [2.45, 2.75) is 39.3 Å². The van der Waals surface area contributed by atoms with Crippen LogP contribution < -0.4 is 0 Å². The lowest BCUT2D eigenvalue weighted by atomic mass is 10.1. The first kappa shape index (κ1) is 16.2. The van der Waals surface area contributed by atoms with Gasteiger partial charge in [-0.25, -0.2) is 0 Å². The summed E-state index contributed by atoms with van der Waals surface area (Å²) in [6.07, 6.45) is 0.510. The normalized spacial score (nSPS) is 11.5. The van der Waals surface area contributed by atoms with E-state index in [2.05, 4.69) is 23.7 Å². The maximum atomic E-state index is 9.90. The Bertz CT molecular complexity index is 437. The molecule has 4 heteroatoms. The van der Waals surface area contributed by atoms with Crippen LogP contribution in [0.3, 0.4) is 0 Å². The quantitative estimate of drug-likeness (QED) is 0.785. The van der Waals surface area contributed by atoms with Crippen molar-refractivity contribution in [3.05, 3.63) is 21.9 Å². The van der Waals surface area contributed by atoms with Crippen molar-refractivity contribution in [3.63, 3.8) is 0 Å². The molecule has 0 radical (unpaired) electrons. The average molecular weight is 281 g/mol. The second-order valence-corrected chi connectivity index (χ2v) is 6.15. The highest BCUT2D eigenvalue weighted by atomic mass is 32.1. The largest absolute Gasteiger partial charge is 0.395 e. The van der Waals surface area contributed by atoms with Crippen LogP contribution in [0.4, 0.5) is 0 Å². The van der Waals surface area contributed by atoms with Crippen LogP contribution in [0.15, 0.2) is 11.4 Å². The van der Waals surface area contributed by atoms with Crippen LogP contribution in [-0.2, 0) is 6.54 Å². The molecule has 3 nitrogen and oxygen atoms in total. The Morgan fingerprint density at radius 3 is 2.74 bits per heavy atom. The van der Waals surface area contributed by atoms with Crippen LogP contribution in [0, 0.1) is 11.8 Å². The molecular formula is C15H23NO2S. The number of aliphatic hydroxyl groups excluding tert-OH is 1. The van der Waals surface area contributed by atoms with Crippen LogP contribution in [0.2, 0.25) is 0 Å². The van der Waals surface area contributed by atoms with Gasteiger partial charge in [-0.3, -0.25) is 4.90 Å². The lowest BCUT2D eigenvalue weighted by molar-refractivity contribution is 0.0356.